The molecule has 0 unspecified atom stereocenters. The summed E-state index contributed by atoms with van der Waals surface area (Å²) in [6.45, 7) is 1.78. The molecule has 1 aromatic rings. The number of nitrogens with zero attached hydrogens (tertiary/aromatic N) is 2. The van der Waals surface area contributed by atoms with Crippen LogP contribution in [0.4, 0.5) is 0 Å². The van der Waals surface area contributed by atoms with E-state index in [1.54, 1.807) is 6.92 Å². The van der Waals surface area contributed by atoms with Gasteiger partial charge in [-0.1, -0.05) is 10.3 Å². The van der Waals surface area contributed by atoms with E-state index in [1.165, 1.54) is 11.8 Å². The average molecular weight is 217 g/mol. The second kappa shape index (κ2) is 4.97. The minimum Gasteiger partial charge on any atom is -0.480 e. The molecule has 78 valence electrons. The first kappa shape index (κ1) is 11.0. The topological polar surface area (TPSA) is 102 Å². The Morgan fingerprint density at radius 2 is 2.43 bits per heavy atom. The van der Waals surface area contributed by atoms with E-state index < -0.39 is 12.0 Å². The van der Waals surface area contributed by atoms with Crippen LogP contribution in [0.1, 0.15) is 11.4 Å². The Kier molecular flexibility index (Phi) is 3.90. The van der Waals surface area contributed by atoms with E-state index in [0.717, 1.165) is 11.4 Å². The average Bonchev–Trinajstić information content (AvgIpc) is 2.51. The van der Waals surface area contributed by atoms with Crippen molar-refractivity contribution >= 4 is 17.7 Å². The third kappa shape index (κ3) is 3.00. The predicted molar refractivity (Wildman–Crippen MR) is 50.8 cm³/mol. The van der Waals surface area contributed by atoms with Crippen LogP contribution in [0, 0.1) is 6.92 Å². The zero-order valence-corrected chi connectivity index (χ0v) is 8.45. The SMILES string of the molecule is Cc1nonc1CSC[C@@H](N)C(=O)O. The second-order valence-electron chi connectivity index (χ2n) is 2.76. The van der Waals surface area contributed by atoms with Gasteiger partial charge >= 0.3 is 5.97 Å². The lowest BCUT2D eigenvalue weighted by atomic mass is 10.4. The van der Waals surface area contributed by atoms with Crippen molar-refractivity contribution < 1.29 is 14.5 Å². The normalized spacial score (nSPS) is 12.7. The van der Waals surface area contributed by atoms with Gasteiger partial charge in [0.05, 0.1) is 0 Å². The number of aryl methyl sites for hydroxylation is 1. The summed E-state index contributed by atoms with van der Waals surface area (Å²) >= 11 is 1.39. The van der Waals surface area contributed by atoms with Gasteiger partial charge in [-0.2, -0.15) is 11.8 Å². The number of aromatic nitrogens is 2. The molecule has 6 nitrogen and oxygen atoms in total. The molecule has 0 aromatic carbocycles. The Morgan fingerprint density at radius 1 is 1.71 bits per heavy atom. The number of hydrogen-bond donors (Lipinski definition) is 2. The van der Waals surface area contributed by atoms with Crippen molar-refractivity contribution in [2.24, 2.45) is 5.73 Å². The van der Waals surface area contributed by atoms with Gasteiger partial charge in [-0.15, -0.1) is 0 Å². The second-order valence-corrected chi connectivity index (χ2v) is 3.79. The van der Waals surface area contributed by atoms with Gasteiger partial charge in [0.1, 0.15) is 17.4 Å². The highest BCUT2D eigenvalue weighted by molar-refractivity contribution is 7.98. The van der Waals surface area contributed by atoms with Gasteiger partial charge in [-0.3, -0.25) is 4.79 Å². The lowest BCUT2D eigenvalue weighted by Crippen LogP contribution is -2.32. The molecule has 1 heterocycles. The van der Waals surface area contributed by atoms with E-state index in [4.69, 9.17) is 10.8 Å². The molecule has 0 spiro atoms. The highest BCUT2D eigenvalue weighted by Crippen LogP contribution is 2.12. The number of nitrogens with two attached hydrogens (primary N) is 1. The molecule has 0 amide bonds. The quantitative estimate of drug-likeness (QED) is 0.716. The van der Waals surface area contributed by atoms with Gasteiger partial charge in [-0.05, 0) is 6.92 Å². The van der Waals surface area contributed by atoms with Gasteiger partial charge in [0, 0.05) is 11.5 Å². The van der Waals surface area contributed by atoms with Crippen LogP contribution in [0.3, 0.4) is 0 Å². The molecule has 1 rings (SSSR count). The van der Waals surface area contributed by atoms with Crippen molar-refractivity contribution in [1.29, 1.82) is 0 Å². The number of carboxylic acid groups (broad SMARTS) is 1. The van der Waals surface area contributed by atoms with Crippen LogP contribution in [-0.2, 0) is 10.5 Å². The minimum absolute atomic E-state index is 0.349. The van der Waals surface area contributed by atoms with Gasteiger partial charge in [0.15, 0.2) is 0 Å². The smallest absolute Gasteiger partial charge is 0.321 e. The molecule has 0 aliphatic rings. The van der Waals surface area contributed by atoms with E-state index in [1.807, 2.05) is 0 Å². The maximum Gasteiger partial charge on any atom is 0.321 e. The number of carboxylic acids is 1. The first-order valence-corrected chi connectivity index (χ1v) is 5.11. The molecule has 0 bridgehead atoms. The zero-order valence-electron chi connectivity index (χ0n) is 7.64. The lowest BCUT2D eigenvalue weighted by Gasteiger charge is -2.03. The van der Waals surface area contributed by atoms with Crippen molar-refractivity contribution in [3.05, 3.63) is 11.4 Å². The van der Waals surface area contributed by atoms with Crippen molar-refractivity contribution in [2.75, 3.05) is 5.75 Å². The summed E-state index contributed by atoms with van der Waals surface area (Å²) in [5.74, 6) is -0.0784. The molecule has 0 fully saturated rings. The fourth-order valence-corrected chi connectivity index (χ4v) is 1.70. The van der Waals surface area contributed by atoms with Crippen LogP contribution in [0.15, 0.2) is 4.63 Å². The molecule has 0 aliphatic carbocycles. The third-order valence-electron chi connectivity index (χ3n) is 1.60. The number of aliphatic carboxylic acids is 1. The number of hydrogen-bond acceptors (Lipinski definition) is 6. The summed E-state index contributed by atoms with van der Waals surface area (Å²) < 4.78 is 4.49. The Hall–Kier alpha value is -1.08. The van der Waals surface area contributed by atoms with Crippen LogP contribution in [0.25, 0.3) is 0 Å². The largest absolute Gasteiger partial charge is 0.480 e. The molecular formula is C7H11N3O3S. The fraction of sp³-hybridized carbons (Fsp3) is 0.571. The Balaban J connectivity index is 2.29. The maximum atomic E-state index is 10.4. The van der Waals surface area contributed by atoms with Crippen LogP contribution in [-0.4, -0.2) is 33.2 Å². The third-order valence-corrected chi connectivity index (χ3v) is 2.67. The summed E-state index contributed by atoms with van der Waals surface area (Å²) in [4.78, 5) is 10.4. The molecule has 0 aliphatic heterocycles. The molecule has 3 N–H and O–H groups in total. The number of thioether (sulfide) groups is 1. The van der Waals surface area contributed by atoms with Crippen LogP contribution in [0.5, 0.6) is 0 Å². The maximum absolute atomic E-state index is 10.4. The van der Waals surface area contributed by atoms with Crippen LogP contribution in [0.2, 0.25) is 0 Å². The minimum atomic E-state index is -0.993. The predicted octanol–water partition coefficient (Wildman–Crippen LogP) is 0.0231. The summed E-state index contributed by atoms with van der Waals surface area (Å²) in [6.07, 6.45) is 0. The van der Waals surface area contributed by atoms with E-state index in [-0.39, 0.29) is 0 Å². The number of carbonyl (C=O) groups is 1. The molecule has 0 radical (unpaired) electrons. The summed E-state index contributed by atoms with van der Waals surface area (Å²) in [6, 6.07) is -0.833. The van der Waals surface area contributed by atoms with Crippen LogP contribution >= 0.6 is 11.8 Å². The van der Waals surface area contributed by atoms with Crippen molar-refractivity contribution in [2.45, 2.75) is 18.7 Å². The summed E-state index contributed by atoms with van der Waals surface area (Å²) in [5.41, 5.74) is 6.77. The van der Waals surface area contributed by atoms with Gasteiger partial charge < -0.3 is 10.8 Å². The molecule has 1 aromatic heterocycles. The standard InChI is InChI=1S/C7H11N3O3S/c1-4-6(10-13-9-4)3-14-2-5(8)7(11)12/h5H,2-3,8H2,1H3,(H,11,12)/t5-/m1/s1. The van der Waals surface area contributed by atoms with Gasteiger partial charge in [0.25, 0.3) is 0 Å². The van der Waals surface area contributed by atoms with Gasteiger partial charge in [0.2, 0.25) is 0 Å². The first-order chi connectivity index (χ1) is 6.61. The number of rotatable bonds is 5. The van der Waals surface area contributed by atoms with Crippen molar-refractivity contribution in [1.82, 2.24) is 10.3 Å². The molecule has 7 heteroatoms. The highest BCUT2D eigenvalue weighted by atomic mass is 32.2. The molecular weight excluding hydrogens is 206 g/mol. The fourth-order valence-electron chi connectivity index (χ4n) is 0.734. The molecule has 0 saturated heterocycles. The first-order valence-electron chi connectivity index (χ1n) is 3.95. The Morgan fingerprint density at radius 3 is 2.93 bits per heavy atom. The van der Waals surface area contributed by atoms with Gasteiger partial charge in [-0.25, -0.2) is 4.63 Å². The van der Waals surface area contributed by atoms with E-state index in [9.17, 15) is 4.79 Å². The lowest BCUT2D eigenvalue weighted by molar-refractivity contribution is -0.137. The summed E-state index contributed by atoms with van der Waals surface area (Å²) in [7, 11) is 0. The zero-order chi connectivity index (χ0) is 10.6. The highest BCUT2D eigenvalue weighted by Gasteiger charge is 2.12. The van der Waals surface area contributed by atoms with Crippen molar-refractivity contribution in [3.63, 3.8) is 0 Å². The summed E-state index contributed by atoms with van der Waals surface area (Å²) in [5, 5.41) is 15.8. The van der Waals surface area contributed by atoms with E-state index in [0.29, 0.717) is 11.5 Å². The molecule has 0 saturated carbocycles. The monoisotopic (exact) mass is 217 g/mol. The molecule has 1 atom stereocenters. The Bertz CT molecular complexity index is 315. The molecule has 14 heavy (non-hydrogen) atoms. The Labute approximate surface area is 84.8 Å². The van der Waals surface area contributed by atoms with E-state index >= 15 is 0 Å². The van der Waals surface area contributed by atoms with E-state index in [2.05, 4.69) is 14.9 Å². The van der Waals surface area contributed by atoms with Crippen molar-refractivity contribution in [3.8, 4) is 0 Å². The van der Waals surface area contributed by atoms with Crippen LogP contribution < -0.4 is 5.73 Å².